The van der Waals surface area contributed by atoms with Crippen LogP contribution in [0.15, 0.2) is 0 Å². The Labute approximate surface area is 108 Å². The summed E-state index contributed by atoms with van der Waals surface area (Å²) in [5.41, 5.74) is 0.690. The molecule has 1 heteroatoms. The van der Waals surface area contributed by atoms with Gasteiger partial charge >= 0.3 is 0 Å². The molecule has 0 spiro atoms. The summed E-state index contributed by atoms with van der Waals surface area (Å²) in [6.07, 6.45) is 14.9. The van der Waals surface area contributed by atoms with Gasteiger partial charge in [-0.15, -0.1) is 0 Å². The van der Waals surface area contributed by atoms with Gasteiger partial charge in [0, 0.05) is 6.54 Å². The van der Waals surface area contributed by atoms with Crippen molar-refractivity contribution in [3.8, 4) is 0 Å². The minimum atomic E-state index is 0.690. The van der Waals surface area contributed by atoms with Crippen molar-refractivity contribution < 1.29 is 0 Å². The average Bonchev–Trinajstić information content (AvgIpc) is 2.26. The van der Waals surface area contributed by atoms with Gasteiger partial charge < -0.3 is 5.32 Å². The summed E-state index contributed by atoms with van der Waals surface area (Å²) < 4.78 is 0. The molecule has 0 atom stereocenters. The maximum atomic E-state index is 3.49. The minimum absolute atomic E-state index is 0.690. The van der Waals surface area contributed by atoms with Gasteiger partial charge in [-0.25, -0.2) is 0 Å². The van der Waals surface area contributed by atoms with Gasteiger partial charge in [0.2, 0.25) is 0 Å². The molecule has 2 fully saturated rings. The summed E-state index contributed by atoms with van der Waals surface area (Å²) in [7, 11) is 2.14. The average molecular weight is 237 g/mol. The summed E-state index contributed by atoms with van der Waals surface area (Å²) >= 11 is 0. The second-order valence-corrected chi connectivity index (χ2v) is 6.61. The Morgan fingerprint density at radius 3 is 2.29 bits per heavy atom. The number of hydrogen-bond acceptors (Lipinski definition) is 1. The lowest BCUT2D eigenvalue weighted by atomic mass is 9.57. The molecule has 0 aromatic rings. The normalized spacial score (nSPS) is 34.6. The molecule has 2 rings (SSSR count). The summed E-state index contributed by atoms with van der Waals surface area (Å²) in [6, 6.07) is 0. The van der Waals surface area contributed by atoms with E-state index in [4.69, 9.17) is 0 Å². The Balaban J connectivity index is 1.84. The van der Waals surface area contributed by atoms with E-state index >= 15 is 0 Å². The molecule has 2 aliphatic rings. The Morgan fingerprint density at radius 1 is 1.12 bits per heavy atom. The van der Waals surface area contributed by atoms with E-state index in [9.17, 15) is 0 Å². The van der Waals surface area contributed by atoms with E-state index in [1.54, 1.807) is 0 Å². The monoisotopic (exact) mass is 237 g/mol. The first-order valence-electron chi connectivity index (χ1n) is 7.95. The van der Waals surface area contributed by atoms with Crippen molar-refractivity contribution in [3.05, 3.63) is 0 Å². The molecule has 1 nitrogen and oxygen atoms in total. The third kappa shape index (κ3) is 3.05. The van der Waals surface area contributed by atoms with Crippen LogP contribution in [-0.4, -0.2) is 13.6 Å². The quantitative estimate of drug-likeness (QED) is 0.723. The molecular weight excluding hydrogens is 206 g/mol. The number of rotatable bonds is 6. The predicted molar refractivity (Wildman–Crippen MR) is 75.2 cm³/mol. The SMILES string of the molecule is CCCCC1CCC(CNC)(C2CCC2)CC1. The highest BCUT2D eigenvalue weighted by molar-refractivity contribution is 4.95. The molecule has 0 bridgehead atoms. The largest absolute Gasteiger partial charge is 0.319 e. The van der Waals surface area contributed by atoms with Crippen LogP contribution in [0.1, 0.15) is 71.1 Å². The lowest BCUT2D eigenvalue weighted by Crippen LogP contribution is -2.44. The van der Waals surface area contributed by atoms with E-state index in [2.05, 4.69) is 19.3 Å². The first-order chi connectivity index (χ1) is 8.30. The molecule has 0 unspecified atom stereocenters. The van der Waals surface area contributed by atoms with Crippen molar-refractivity contribution in [2.24, 2.45) is 17.3 Å². The van der Waals surface area contributed by atoms with Crippen molar-refractivity contribution in [2.75, 3.05) is 13.6 Å². The fraction of sp³-hybridized carbons (Fsp3) is 1.00. The summed E-state index contributed by atoms with van der Waals surface area (Å²) in [5.74, 6) is 2.11. The highest BCUT2D eigenvalue weighted by Crippen LogP contribution is 2.51. The summed E-state index contributed by atoms with van der Waals surface area (Å²) in [6.45, 7) is 3.60. The number of hydrogen-bond donors (Lipinski definition) is 1. The van der Waals surface area contributed by atoms with Gasteiger partial charge in [0.05, 0.1) is 0 Å². The van der Waals surface area contributed by atoms with Crippen molar-refractivity contribution in [2.45, 2.75) is 71.1 Å². The molecule has 2 aliphatic carbocycles. The molecule has 0 saturated heterocycles. The molecule has 0 heterocycles. The van der Waals surface area contributed by atoms with Crippen LogP contribution in [-0.2, 0) is 0 Å². The number of nitrogens with one attached hydrogen (secondary N) is 1. The number of unbranched alkanes of at least 4 members (excludes halogenated alkanes) is 1. The summed E-state index contributed by atoms with van der Waals surface area (Å²) in [5, 5.41) is 3.49. The second-order valence-electron chi connectivity index (χ2n) is 6.61. The van der Waals surface area contributed by atoms with E-state index in [-0.39, 0.29) is 0 Å². The molecule has 2 saturated carbocycles. The van der Waals surface area contributed by atoms with Gasteiger partial charge in [-0.1, -0.05) is 32.6 Å². The predicted octanol–water partition coefficient (Wildman–Crippen LogP) is 4.37. The highest BCUT2D eigenvalue weighted by atomic mass is 14.8. The molecule has 0 aromatic carbocycles. The van der Waals surface area contributed by atoms with Gasteiger partial charge in [0.1, 0.15) is 0 Å². The van der Waals surface area contributed by atoms with Gasteiger partial charge in [-0.2, -0.15) is 0 Å². The zero-order valence-electron chi connectivity index (χ0n) is 11.9. The Bertz CT molecular complexity index is 212. The van der Waals surface area contributed by atoms with Crippen LogP contribution >= 0.6 is 0 Å². The minimum Gasteiger partial charge on any atom is -0.319 e. The van der Waals surface area contributed by atoms with E-state index in [0.29, 0.717) is 5.41 Å². The lowest BCUT2D eigenvalue weighted by molar-refractivity contribution is 0.0252. The fourth-order valence-corrected chi connectivity index (χ4v) is 4.14. The zero-order valence-corrected chi connectivity index (χ0v) is 11.9. The van der Waals surface area contributed by atoms with Gasteiger partial charge in [0.15, 0.2) is 0 Å². The molecule has 0 amide bonds. The van der Waals surface area contributed by atoms with Gasteiger partial charge in [-0.3, -0.25) is 0 Å². The molecule has 0 aliphatic heterocycles. The van der Waals surface area contributed by atoms with E-state index in [1.165, 1.54) is 70.8 Å². The van der Waals surface area contributed by atoms with Gasteiger partial charge in [0.25, 0.3) is 0 Å². The third-order valence-electron chi connectivity index (χ3n) is 5.57. The van der Waals surface area contributed by atoms with E-state index in [0.717, 1.165) is 11.8 Å². The van der Waals surface area contributed by atoms with Crippen LogP contribution in [0, 0.1) is 17.3 Å². The van der Waals surface area contributed by atoms with Crippen LogP contribution in [0.4, 0.5) is 0 Å². The van der Waals surface area contributed by atoms with Gasteiger partial charge in [-0.05, 0) is 62.8 Å². The first-order valence-corrected chi connectivity index (χ1v) is 7.95. The van der Waals surface area contributed by atoms with Crippen LogP contribution < -0.4 is 5.32 Å². The van der Waals surface area contributed by atoms with Crippen LogP contribution in [0.25, 0.3) is 0 Å². The van der Waals surface area contributed by atoms with Crippen LogP contribution in [0.2, 0.25) is 0 Å². The Hall–Kier alpha value is -0.0400. The lowest BCUT2D eigenvalue weighted by Gasteiger charge is -2.49. The molecule has 100 valence electrons. The highest BCUT2D eigenvalue weighted by Gasteiger charge is 2.43. The Morgan fingerprint density at radius 2 is 1.82 bits per heavy atom. The molecule has 17 heavy (non-hydrogen) atoms. The van der Waals surface area contributed by atoms with Crippen LogP contribution in [0.3, 0.4) is 0 Å². The third-order valence-corrected chi connectivity index (χ3v) is 5.57. The molecule has 0 aromatic heterocycles. The molecule has 0 radical (unpaired) electrons. The fourth-order valence-electron chi connectivity index (χ4n) is 4.14. The zero-order chi connectivity index (χ0) is 12.1. The molecular formula is C16H31N. The van der Waals surface area contributed by atoms with Crippen LogP contribution in [0.5, 0.6) is 0 Å². The van der Waals surface area contributed by atoms with Crippen molar-refractivity contribution in [1.82, 2.24) is 5.32 Å². The topological polar surface area (TPSA) is 12.0 Å². The summed E-state index contributed by atoms with van der Waals surface area (Å²) in [4.78, 5) is 0. The Kier molecular flexibility index (Phi) is 4.90. The standard InChI is InChI=1S/C16H31N/c1-3-4-6-14-9-11-16(12-10-14,13-17-2)15-7-5-8-15/h14-15,17H,3-13H2,1-2H3. The molecule has 1 N–H and O–H groups in total. The maximum Gasteiger partial charge on any atom is 0.000746 e. The smallest absolute Gasteiger partial charge is 0.000746 e. The van der Waals surface area contributed by atoms with Crippen molar-refractivity contribution in [3.63, 3.8) is 0 Å². The van der Waals surface area contributed by atoms with E-state index in [1.807, 2.05) is 0 Å². The van der Waals surface area contributed by atoms with Crippen molar-refractivity contribution in [1.29, 1.82) is 0 Å². The maximum absolute atomic E-state index is 3.49. The van der Waals surface area contributed by atoms with Crippen molar-refractivity contribution >= 4 is 0 Å². The second kappa shape index (κ2) is 6.22. The van der Waals surface area contributed by atoms with E-state index < -0.39 is 0 Å². The first kappa shape index (κ1) is 13.4.